The van der Waals surface area contributed by atoms with Gasteiger partial charge in [-0.2, -0.15) is 13.2 Å². The van der Waals surface area contributed by atoms with E-state index >= 15 is 0 Å². The first kappa shape index (κ1) is 22.8. The third kappa shape index (κ3) is 4.41. The minimum atomic E-state index is -4.52. The van der Waals surface area contributed by atoms with E-state index < -0.39 is 46.5 Å². The maximum absolute atomic E-state index is 13.1. The summed E-state index contributed by atoms with van der Waals surface area (Å²) in [4.78, 5) is 41.1. The molecule has 3 rings (SSSR count). The van der Waals surface area contributed by atoms with Crippen molar-refractivity contribution in [2.75, 3.05) is 0 Å². The van der Waals surface area contributed by atoms with Crippen molar-refractivity contribution in [1.29, 1.82) is 0 Å². The lowest BCUT2D eigenvalue weighted by Crippen LogP contribution is -2.43. The van der Waals surface area contributed by atoms with Crippen LogP contribution < -0.4 is 10.9 Å². The molecule has 11 heteroatoms. The number of carbonyl (C=O) groups excluding carboxylic acids is 1. The Kier molecular flexibility index (Phi) is 6.19. The van der Waals surface area contributed by atoms with Crippen molar-refractivity contribution in [1.82, 2.24) is 14.9 Å². The number of hydrogen-bond acceptors (Lipinski definition) is 5. The number of nitrogens with one attached hydrogen (secondary N) is 1. The largest absolute Gasteiger partial charge is 0.506 e. The first-order chi connectivity index (χ1) is 15.0. The van der Waals surface area contributed by atoms with Gasteiger partial charge >= 0.3 is 12.1 Å². The maximum Gasteiger partial charge on any atom is 0.416 e. The monoisotopic (exact) mass is 449 g/mol. The van der Waals surface area contributed by atoms with Crippen LogP contribution in [-0.2, 0) is 17.5 Å². The van der Waals surface area contributed by atoms with E-state index in [0.717, 1.165) is 16.7 Å². The molecule has 0 fully saturated rings. The summed E-state index contributed by atoms with van der Waals surface area (Å²) in [7, 11) is 0. The summed E-state index contributed by atoms with van der Waals surface area (Å²) in [6.07, 6.45) is -3.13. The number of carboxylic acid groups (broad SMARTS) is 1. The first-order valence-electron chi connectivity index (χ1n) is 9.44. The molecule has 0 spiro atoms. The Morgan fingerprint density at radius 2 is 1.84 bits per heavy atom. The van der Waals surface area contributed by atoms with Gasteiger partial charge in [-0.05, 0) is 36.2 Å². The van der Waals surface area contributed by atoms with Crippen LogP contribution in [0.1, 0.15) is 34.8 Å². The van der Waals surface area contributed by atoms with Gasteiger partial charge in [-0.1, -0.05) is 19.1 Å². The topological polar surface area (TPSA) is 122 Å². The second kappa shape index (κ2) is 8.69. The van der Waals surface area contributed by atoms with Gasteiger partial charge in [0, 0.05) is 6.20 Å². The molecule has 3 N–H and O–H groups in total. The molecular weight excluding hydrogens is 431 g/mol. The predicted octanol–water partition coefficient (Wildman–Crippen LogP) is 2.76. The minimum absolute atomic E-state index is 0.0109. The van der Waals surface area contributed by atoms with Crippen molar-refractivity contribution in [2.45, 2.75) is 32.1 Å². The lowest BCUT2D eigenvalue weighted by Gasteiger charge is -2.16. The molecule has 0 radical (unpaired) electrons. The third-order valence-corrected chi connectivity index (χ3v) is 4.85. The first-order valence-corrected chi connectivity index (χ1v) is 9.44. The molecule has 0 bridgehead atoms. The molecule has 8 nitrogen and oxygen atoms in total. The number of amides is 1. The van der Waals surface area contributed by atoms with Crippen LogP contribution in [0.25, 0.3) is 11.0 Å². The average Bonchev–Trinajstić information content (AvgIpc) is 2.74. The fourth-order valence-corrected chi connectivity index (χ4v) is 3.17. The van der Waals surface area contributed by atoms with Gasteiger partial charge in [-0.25, -0.2) is 9.78 Å². The third-order valence-electron chi connectivity index (χ3n) is 4.85. The molecule has 2 heterocycles. The number of aromatic hydroxyl groups is 1. The molecule has 0 saturated heterocycles. The molecule has 3 aromatic rings. The zero-order valence-electron chi connectivity index (χ0n) is 16.7. The number of alkyl halides is 3. The number of aromatic nitrogens is 2. The molecule has 0 unspecified atom stereocenters. The second-order valence-electron chi connectivity index (χ2n) is 6.96. The Morgan fingerprint density at radius 3 is 2.41 bits per heavy atom. The van der Waals surface area contributed by atoms with Crippen molar-refractivity contribution in [3.8, 4) is 5.75 Å². The van der Waals surface area contributed by atoms with E-state index in [9.17, 15) is 32.7 Å². The van der Waals surface area contributed by atoms with Crippen molar-refractivity contribution >= 4 is 22.9 Å². The standard InChI is InChI=1S/C21H18F3N3O5/c1-2-14(20(31)32)26-18(29)15-16(28)13-4-3-9-25-17(13)27(19(15)30)10-11-5-7-12(8-6-11)21(22,23)24/h3-9,14,28H,2,10H2,1H3,(H,26,29)(H,31,32)/t14-/m0/s1. The van der Waals surface area contributed by atoms with Gasteiger partial charge in [0.2, 0.25) is 0 Å². The summed E-state index contributed by atoms with van der Waals surface area (Å²) in [6, 6.07) is 5.69. The number of nitrogens with zero attached hydrogens (tertiary/aromatic N) is 2. The molecule has 0 saturated carbocycles. The van der Waals surface area contributed by atoms with Crippen LogP contribution in [-0.4, -0.2) is 37.7 Å². The maximum atomic E-state index is 13.1. The molecule has 0 aliphatic heterocycles. The summed E-state index contributed by atoms with van der Waals surface area (Å²) < 4.78 is 39.5. The Hall–Kier alpha value is -3.89. The molecular formula is C21H18F3N3O5. The Labute approximate surface area is 178 Å². The number of carboxylic acids is 1. The zero-order chi connectivity index (χ0) is 23.6. The molecule has 1 amide bonds. The number of fused-ring (bicyclic) bond motifs is 1. The van der Waals surface area contributed by atoms with Gasteiger partial charge in [-0.15, -0.1) is 0 Å². The smallest absolute Gasteiger partial charge is 0.416 e. The number of halogens is 3. The number of carbonyl (C=O) groups is 2. The second-order valence-corrected chi connectivity index (χ2v) is 6.96. The average molecular weight is 449 g/mol. The highest BCUT2D eigenvalue weighted by Gasteiger charge is 2.30. The van der Waals surface area contributed by atoms with Crippen LogP contribution in [0.4, 0.5) is 13.2 Å². The van der Waals surface area contributed by atoms with Crippen molar-refractivity contribution in [2.24, 2.45) is 0 Å². The minimum Gasteiger partial charge on any atom is -0.506 e. The van der Waals surface area contributed by atoms with Gasteiger partial charge in [0.05, 0.1) is 17.5 Å². The highest BCUT2D eigenvalue weighted by Crippen LogP contribution is 2.30. The van der Waals surface area contributed by atoms with E-state index in [-0.39, 0.29) is 24.0 Å². The van der Waals surface area contributed by atoms with Gasteiger partial charge in [0.25, 0.3) is 11.5 Å². The molecule has 0 aliphatic rings. The summed E-state index contributed by atoms with van der Waals surface area (Å²) in [5, 5.41) is 21.9. The van der Waals surface area contributed by atoms with Gasteiger partial charge < -0.3 is 15.5 Å². The fourth-order valence-electron chi connectivity index (χ4n) is 3.17. The van der Waals surface area contributed by atoms with Crippen molar-refractivity contribution in [3.05, 3.63) is 69.6 Å². The SMILES string of the molecule is CC[C@H](NC(=O)c1c(O)c2cccnc2n(Cc2ccc(C(F)(F)F)cc2)c1=O)C(=O)O. The number of aliphatic carboxylic acids is 1. The fraction of sp³-hybridized carbons (Fsp3) is 0.238. The Morgan fingerprint density at radius 1 is 1.19 bits per heavy atom. The molecule has 32 heavy (non-hydrogen) atoms. The lowest BCUT2D eigenvalue weighted by atomic mass is 10.1. The number of pyridine rings is 2. The Bertz CT molecular complexity index is 1240. The van der Waals surface area contributed by atoms with Gasteiger partial charge in [-0.3, -0.25) is 14.2 Å². The van der Waals surface area contributed by atoms with Crippen LogP contribution in [0.5, 0.6) is 5.75 Å². The molecule has 2 aromatic heterocycles. The normalized spacial score (nSPS) is 12.5. The van der Waals surface area contributed by atoms with Gasteiger partial charge in [0.15, 0.2) is 0 Å². The van der Waals surface area contributed by atoms with Crippen LogP contribution in [0.3, 0.4) is 0 Å². The number of benzene rings is 1. The molecule has 1 aromatic carbocycles. The highest BCUT2D eigenvalue weighted by atomic mass is 19.4. The van der Waals surface area contributed by atoms with E-state index in [4.69, 9.17) is 5.11 Å². The summed E-state index contributed by atoms with van der Waals surface area (Å²) in [6.45, 7) is 1.29. The van der Waals surface area contributed by atoms with Crippen LogP contribution in [0, 0.1) is 0 Å². The van der Waals surface area contributed by atoms with Crippen LogP contribution >= 0.6 is 0 Å². The van der Waals surface area contributed by atoms with Crippen molar-refractivity contribution < 1.29 is 33.0 Å². The van der Waals surface area contributed by atoms with E-state index in [1.807, 2.05) is 0 Å². The van der Waals surface area contributed by atoms with E-state index in [2.05, 4.69) is 10.3 Å². The lowest BCUT2D eigenvalue weighted by molar-refractivity contribution is -0.139. The van der Waals surface area contributed by atoms with E-state index in [1.54, 1.807) is 0 Å². The highest BCUT2D eigenvalue weighted by molar-refractivity contribution is 6.02. The van der Waals surface area contributed by atoms with Crippen LogP contribution in [0.15, 0.2) is 47.4 Å². The van der Waals surface area contributed by atoms with E-state index in [1.165, 1.54) is 37.4 Å². The van der Waals surface area contributed by atoms with E-state index in [0.29, 0.717) is 5.56 Å². The zero-order valence-corrected chi connectivity index (χ0v) is 16.7. The predicted molar refractivity (Wildman–Crippen MR) is 107 cm³/mol. The quantitative estimate of drug-likeness (QED) is 0.532. The Balaban J connectivity index is 2.11. The molecule has 168 valence electrons. The van der Waals surface area contributed by atoms with Gasteiger partial charge in [0.1, 0.15) is 23.0 Å². The summed E-state index contributed by atoms with van der Waals surface area (Å²) >= 11 is 0. The van der Waals surface area contributed by atoms with Crippen molar-refractivity contribution in [3.63, 3.8) is 0 Å². The number of hydrogen-bond donors (Lipinski definition) is 3. The summed E-state index contributed by atoms with van der Waals surface area (Å²) in [5.74, 6) is -3.07. The van der Waals surface area contributed by atoms with Crippen LogP contribution in [0.2, 0.25) is 0 Å². The molecule has 1 atom stereocenters. The number of rotatable bonds is 6. The summed E-state index contributed by atoms with van der Waals surface area (Å²) in [5.41, 5.74) is -2.18. The molecule has 0 aliphatic carbocycles.